The molecule has 3 aromatic carbocycles. The smallest absolute Gasteiger partial charge is 0.166 e. The largest absolute Gasteiger partial charge is 0.389 e. The highest BCUT2D eigenvalue weighted by Crippen LogP contribution is 2.37. The van der Waals surface area contributed by atoms with Gasteiger partial charge in [0, 0.05) is 34.8 Å². The molecule has 0 saturated carbocycles. The molecule has 0 aliphatic rings. The second-order valence-corrected chi connectivity index (χ2v) is 7.19. The van der Waals surface area contributed by atoms with E-state index in [1.165, 1.54) is 24.3 Å². The summed E-state index contributed by atoms with van der Waals surface area (Å²) in [4.78, 5) is 0. The van der Waals surface area contributed by atoms with Crippen LogP contribution in [0.15, 0.2) is 72.9 Å². The lowest BCUT2D eigenvalue weighted by molar-refractivity contribution is 0.132. The molecule has 0 radical (unpaired) electrons. The van der Waals surface area contributed by atoms with Gasteiger partial charge in [0.25, 0.3) is 0 Å². The Morgan fingerprint density at radius 2 is 1.68 bits per heavy atom. The first kappa shape index (κ1) is 22.9. The zero-order valence-corrected chi connectivity index (χ0v) is 17.5. The highest BCUT2D eigenvalue weighted by molar-refractivity contribution is 5.96. The predicted molar refractivity (Wildman–Crippen MR) is 119 cm³/mol. The van der Waals surface area contributed by atoms with Crippen LogP contribution in [0.1, 0.15) is 11.6 Å². The first-order chi connectivity index (χ1) is 14.5. The van der Waals surface area contributed by atoms with E-state index in [-0.39, 0.29) is 24.5 Å². The van der Waals surface area contributed by atoms with Crippen LogP contribution >= 0.6 is 12.4 Å². The fourth-order valence-corrected chi connectivity index (χ4v) is 3.94. The lowest BCUT2D eigenvalue weighted by Crippen LogP contribution is -2.33. The van der Waals surface area contributed by atoms with Gasteiger partial charge in [0.1, 0.15) is 5.82 Å². The van der Waals surface area contributed by atoms with Crippen LogP contribution in [0, 0.1) is 17.5 Å². The number of benzene rings is 3. The summed E-state index contributed by atoms with van der Waals surface area (Å²) in [6.45, 7) is 0.261. The van der Waals surface area contributed by atoms with E-state index in [1.54, 1.807) is 29.9 Å². The summed E-state index contributed by atoms with van der Waals surface area (Å²) in [6, 6.07) is 16.8. The van der Waals surface area contributed by atoms with Crippen LogP contribution in [0.5, 0.6) is 0 Å². The van der Waals surface area contributed by atoms with Crippen molar-refractivity contribution in [1.29, 1.82) is 0 Å². The molecule has 2 N–H and O–H groups in total. The number of aliphatic hydroxyl groups is 1. The molecule has 4 rings (SSSR count). The molecule has 0 unspecified atom stereocenters. The maximum absolute atomic E-state index is 14.6. The minimum Gasteiger partial charge on any atom is -0.389 e. The van der Waals surface area contributed by atoms with Crippen molar-refractivity contribution in [3.63, 3.8) is 0 Å². The quantitative estimate of drug-likeness (QED) is 0.421. The van der Waals surface area contributed by atoms with Crippen molar-refractivity contribution in [2.24, 2.45) is 0 Å². The Labute approximate surface area is 184 Å². The summed E-state index contributed by atoms with van der Waals surface area (Å²) in [5, 5.41) is 14.6. The highest BCUT2D eigenvalue weighted by atomic mass is 35.5. The van der Waals surface area contributed by atoms with Crippen molar-refractivity contribution in [2.75, 3.05) is 13.6 Å². The molecule has 0 bridgehead atoms. The number of nitrogens with one attached hydrogen (secondary N) is 1. The van der Waals surface area contributed by atoms with Gasteiger partial charge in [-0.2, -0.15) is 0 Å². The molecule has 162 valence electrons. The van der Waals surface area contributed by atoms with E-state index in [4.69, 9.17) is 0 Å². The van der Waals surface area contributed by atoms with Crippen molar-refractivity contribution < 1.29 is 18.3 Å². The Balaban J connectivity index is 0.00000272. The van der Waals surface area contributed by atoms with Crippen LogP contribution in [-0.2, 0) is 0 Å². The SMILES string of the molecule is CNC[C@@H](O)[C@H](c1cccc(F)c1)n1cc(-c2cccc(F)c2F)c2ccccc21.Cl. The van der Waals surface area contributed by atoms with Gasteiger partial charge in [-0.3, -0.25) is 0 Å². The molecule has 31 heavy (non-hydrogen) atoms. The number of nitrogens with zero attached hydrogens (tertiary/aromatic N) is 1. The zero-order valence-electron chi connectivity index (χ0n) is 16.7. The van der Waals surface area contributed by atoms with Crippen LogP contribution in [0.4, 0.5) is 13.2 Å². The number of halogens is 4. The number of likely N-dealkylation sites (N-methyl/N-ethyl adjacent to an activating group) is 1. The van der Waals surface area contributed by atoms with Gasteiger partial charge in [0.15, 0.2) is 11.6 Å². The van der Waals surface area contributed by atoms with Crippen LogP contribution in [-0.4, -0.2) is 29.4 Å². The van der Waals surface area contributed by atoms with Crippen LogP contribution in [0.3, 0.4) is 0 Å². The van der Waals surface area contributed by atoms with Gasteiger partial charge >= 0.3 is 0 Å². The monoisotopic (exact) mass is 446 g/mol. The third-order valence-corrected chi connectivity index (χ3v) is 5.25. The standard InChI is InChI=1S/C24H21F3N2O.ClH/c1-28-13-22(30)24(15-6-4-7-16(25)12-15)29-14-19(17-8-2-3-11-21(17)29)18-9-5-10-20(26)23(18)27;/h2-12,14,22,24,28,30H,13H2,1H3;1H/t22-,24+;/m1./s1. The number of aliphatic hydroxyl groups excluding tert-OH is 1. The minimum absolute atomic E-state index is 0. The first-order valence-corrected chi connectivity index (χ1v) is 9.63. The average molecular weight is 447 g/mol. The van der Waals surface area contributed by atoms with Gasteiger partial charge in [-0.15, -0.1) is 12.4 Å². The normalized spacial score (nSPS) is 13.1. The molecular formula is C24H22ClF3N2O. The molecule has 0 spiro atoms. The Morgan fingerprint density at radius 1 is 0.935 bits per heavy atom. The highest BCUT2D eigenvalue weighted by Gasteiger charge is 2.26. The minimum atomic E-state index is -0.932. The van der Waals surface area contributed by atoms with Gasteiger partial charge in [0.2, 0.25) is 0 Å². The molecule has 2 atom stereocenters. The third kappa shape index (κ3) is 4.32. The Kier molecular flexibility index (Phi) is 7.05. The zero-order chi connectivity index (χ0) is 21.3. The maximum atomic E-state index is 14.6. The van der Waals surface area contributed by atoms with E-state index in [0.29, 0.717) is 16.5 Å². The van der Waals surface area contributed by atoms with E-state index in [0.717, 1.165) is 11.6 Å². The number of hydrogen-bond donors (Lipinski definition) is 2. The molecule has 0 saturated heterocycles. The number of hydrogen-bond acceptors (Lipinski definition) is 2. The molecule has 0 aliphatic heterocycles. The summed E-state index contributed by atoms with van der Waals surface area (Å²) in [5.74, 6) is -2.28. The van der Waals surface area contributed by atoms with E-state index < -0.39 is 29.6 Å². The third-order valence-electron chi connectivity index (χ3n) is 5.25. The van der Waals surface area contributed by atoms with Gasteiger partial charge in [-0.25, -0.2) is 13.2 Å². The van der Waals surface area contributed by atoms with E-state index in [1.807, 2.05) is 24.3 Å². The Hall–Kier alpha value is -2.80. The Morgan fingerprint density at radius 3 is 2.42 bits per heavy atom. The van der Waals surface area contributed by atoms with Crippen molar-refractivity contribution in [2.45, 2.75) is 12.1 Å². The number of para-hydroxylation sites is 1. The summed E-state index contributed by atoms with van der Waals surface area (Å²) in [7, 11) is 1.72. The summed E-state index contributed by atoms with van der Waals surface area (Å²) in [5.41, 5.74) is 1.93. The fraction of sp³-hybridized carbons (Fsp3) is 0.167. The van der Waals surface area contributed by atoms with Crippen LogP contribution < -0.4 is 5.32 Å². The molecule has 0 amide bonds. The molecule has 3 nitrogen and oxygen atoms in total. The van der Waals surface area contributed by atoms with Gasteiger partial charge in [-0.1, -0.05) is 42.5 Å². The summed E-state index contributed by atoms with van der Waals surface area (Å²) >= 11 is 0. The van der Waals surface area contributed by atoms with Crippen molar-refractivity contribution in [3.8, 4) is 11.1 Å². The van der Waals surface area contributed by atoms with E-state index >= 15 is 0 Å². The average Bonchev–Trinajstić information content (AvgIpc) is 3.10. The van der Waals surface area contributed by atoms with Crippen LogP contribution in [0.25, 0.3) is 22.0 Å². The number of rotatable bonds is 6. The molecule has 7 heteroatoms. The van der Waals surface area contributed by atoms with Gasteiger partial charge < -0.3 is 15.0 Å². The van der Waals surface area contributed by atoms with Crippen molar-refractivity contribution in [1.82, 2.24) is 9.88 Å². The Bertz CT molecular complexity index is 1190. The second-order valence-electron chi connectivity index (χ2n) is 7.19. The lowest BCUT2D eigenvalue weighted by atomic mass is 10.0. The van der Waals surface area contributed by atoms with Crippen LogP contribution in [0.2, 0.25) is 0 Å². The fourth-order valence-electron chi connectivity index (χ4n) is 3.94. The molecule has 0 aliphatic carbocycles. The summed E-state index contributed by atoms with van der Waals surface area (Å²) < 4.78 is 44.3. The van der Waals surface area contributed by atoms with E-state index in [2.05, 4.69) is 5.32 Å². The second kappa shape index (κ2) is 9.56. The lowest BCUT2D eigenvalue weighted by Gasteiger charge is -2.26. The maximum Gasteiger partial charge on any atom is 0.166 e. The predicted octanol–water partition coefficient (Wildman–Crippen LogP) is 5.32. The van der Waals surface area contributed by atoms with Gasteiger partial charge in [-0.05, 0) is 36.9 Å². The molecule has 0 fully saturated rings. The summed E-state index contributed by atoms with van der Waals surface area (Å²) in [6.07, 6.45) is 0.801. The van der Waals surface area contributed by atoms with Crippen molar-refractivity contribution in [3.05, 3.63) is 95.9 Å². The number of aromatic nitrogens is 1. The van der Waals surface area contributed by atoms with E-state index in [9.17, 15) is 18.3 Å². The molecule has 1 aromatic heterocycles. The molecular weight excluding hydrogens is 425 g/mol. The van der Waals surface area contributed by atoms with Crippen molar-refractivity contribution >= 4 is 23.3 Å². The van der Waals surface area contributed by atoms with Gasteiger partial charge in [0.05, 0.1) is 12.1 Å². The molecule has 4 aromatic rings. The number of fused-ring (bicyclic) bond motifs is 1. The topological polar surface area (TPSA) is 37.2 Å². The first-order valence-electron chi connectivity index (χ1n) is 9.63. The molecule has 1 heterocycles.